The zero-order chi connectivity index (χ0) is 12.9. The highest BCUT2D eigenvalue weighted by atomic mass is 79.9. The van der Waals surface area contributed by atoms with Crippen LogP contribution in [0.1, 0.15) is 12.5 Å². The Hall–Kier alpha value is -0.490. The smallest absolute Gasteiger partial charge is 0.137 e. The number of nitrogens with one attached hydrogen (secondary N) is 1. The van der Waals surface area contributed by atoms with Gasteiger partial charge in [0.15, 0.2) is 0 Å². The van der Waals surface area contributed by atoms with Gasteiger partial charge >= 0.3 is 0 Å². The van der Waals surface area contributed by atoms with Gasteiger partial charge in [0, 0.05) is 13.7 Å². The maximum Gasteiger partial charge on any atom is 0.137 e. The molecule has 17 heavy (non-hydrogen) atoms. The van der Waals surface area contributed by atoms with Crippen molar-refractivity contribution < 1.29 is 14.2 Å². The molecule has 0 heterocycles. The molecule has 0 bridgehead atoms. The number of benzene rings is 1. The summed E-state index contributed by atoms with van der Waals surface area (Å²) in [6, 6.07) is 4.72. The van der Waals surface area contributed by atoms with E-state index in [2.05, 4.69) is 21.2 Å². The fourth-order valence-corrected chi connectivity index (χ4v) is 1.90. The van der Waals surface area contributed by atoms with Crippen molar-refractivity contribution in [1.82, 2.24) is 5.32 Å². The largest absolute Gasteiger partial charge is 0.394 e. The molecule has 2 N–H and O–H groups in total. The monoisotopic (exact) mass is 305 g/mol. The van der Waals surface area contributed by atoms with E-state index in [-0.39, 0.29) is 12.4 Å². The summed E-state index contributed by atoms with van der Waals surface area (Å²) < 4.78 is 18.5. The Morgan fingerprint density at radius 2 is 2.24 bits per heavy atom. The molecule has 5 heteroatoms. The van der Waals surface area contributed by atoms with E-state index in [0.29, 0.717) is 17.6 Å². The topological polar surface area (TPSA) is 41.5 Å². The van der Waals surface area contributed by atoms with Crippen molar-refractivity contribution in [3.63, 3.8) is 0 Å². The summed E-state index contributed by atoms with van der Waals surface area (Å²) >= 11 is 3.14. The Morgan fingerprint density at radius 1 is 1.53 bits per heavy atom. The minimum absolute atomic E-state index is 0.0746. The van der Waals surface area contributed by atoms with Crippen molar-refractivity contribution in [3.05, 3.63) is 34.1 Å². The predicted octanol–water partition coefficient (Wildman–Crippen LogP) is 2.03. The molecule has 1 atom stereocenters. The second-order valence-electron chi connectivity index (χ2n) is 4.04. The van der Waals surface area contributed by atoms with Crippen LogP contribution < -0.4 is 5.32 Å². The molecular formula is C12H17BrFNO2. The maximum atomic E-state index is 13.1. The molecule has 0 saturated carbocycles. The fraction of sp³-hybridized carbons (Fsp3) is 0.500. The lowest BCUT2D eigenvalue weighted by Gasteiger charge is -2.29. The van der Waals surface area contributed by atoms with Crippen molar-refractivity contribution in [2.75, 3.05) is 26.9 Å². The highest BCUT2D eigenvalue weighted by Crippen LogP contribution is 2.25. The van der Waals surface area contributed by atoms with E-state index in [1.54, 1.807) is 19.2 Å². The molecule has 3 nitrogen and oxygen atoms in total. The van der Waals surface area contributed by atoms with E-state index >= 15 is 0 Å². The lowest BCUT2D eigenvalue weighted by molar-refractivity contribution is 0.148. The van der Waals surface area contributed by atoms with Crippen LogP contribution in [0.15, 0.2) is 22.7 Å². The summed E-state index contributed by atoms with van der Waals surface area (Å²) in [5.74, 6) is -0.314. The second kappa shape index (κ2) is 6.44. The minimum atomic E-state index is -0.602. The van der Waals surface area contributed by atoms with E-state index in [1.807, 2.05) is 6.92 Å². The Balaban J connectivity index is 2.87. The summed E-state index contributed by atoms with van der Waals surface area (Å²) in [5.41, 5.74) is 0.221. The summed E-state index contributed by atoms with van der Waals surface area (Å²) in [4.78, 5) is 0. The average molecular weight is 306 g/mol. The van der Waals surface area contributed by atoms with Crippen LogP contribution in [0.2, 0.25) is 0 Å². The number of ether oxygens (including phenoxy) is 1. The average Bonchev–Trinajstić information content (AvgIpc) is 2.32. The first kappa shape index (κ1) is 14.6. The van der Waals surface area contributed by atoms with Gasteiger partial charge in [-0.1, -0.05) is 6.07 Å². The van der Waals surface area contributed by atoms with E-state index < -0.39 is 5.54 Å². The predicted molar refractivity (Wildman–Crippen MR) is 68.4 cm³/mol. The van der Waals surface area contributed by atoms with Crippen molar-refractivity contribution >= 4 is 15.9 Å². The Bertz CT molecular complexity index is 376. The summed E-state index contributed by atoms with van der Waals surface area (Å²) in [5, 5.41) is 12.7. The van der Waals surface area contributed by atoms with Gasteiger partial charge in [-0.3, -0.25) is 0 Å². The molecule has 0 aliphatic heterocycles. The lowest BCUT2D eigenvalue weighted by atomic mass is 9.93. The molecule has 0 aliphatic carbocycles. The molecule has 0 amide bonds. The van der Waals surface area contributed by atoms with E-state index in [4.69, 9.17) is 4.74 Å². The molecule has 0 radical (unpaired) electrons. The van der Waals surface area contributed by atoms with Gasteiger partial charge in [-0.2, -0.15) is 0 Å². The quantitative estimate of drug-likeness (QED) is 0.790. The second-order valence-corrected chi connectivity index (χ2v) is 4.89. The Kier molecular flexibility index (Phi) is 5.52. The standard InChI is InChI=1S/C12H17BrFNO2/c1-12(8-16,15-5-6-17-2)9-3-4-11(14)10(13)7-9/h3-4,7,15-16H,5-6,8H2,1-2H3. The van der Waals surface area contributed by atoms with Crippen LogP contribution in [0.5, 0.6) is 0 Å². The summed E-state index contributed by atoms with van der Waals surface area (Å²) in [6.45, 7) is 2.96. The maximum absolute atomic E-state index is 13.1. The van der Waals surface area contributed by atoms with Gasteiger partial charge in [0.2, 0.25) is 0 Å². The van der Waals surface area contributed by atoms with Crippen LogP contribution in [0.4, 0.5) is 4.39 Å². The van der Waals surface area contributed by atoms with Gasteiger partial charge < -0.3 is 15.2 Å². The van der Waals surface area contributed by atoms with Crippen molar-refractivity contribution in [3.8, 4) is 0 Å². The van der Waals surface area contributed by atoms with Gasteiger partial charge in [0.25, 0.3) is 0 Å². The molecule has 1 aromatic rings. The van der Waals surface area contributed by atoms with Gasteiger partial charge in [-0.25, -0.2) is 4.39 Å². The lowest BCUT2D eigenvalue weighted by Crippen LogP contribution is -2.44. The Morgan fingerprint density at radius 3 is 2.76 bits per heavy atom. The fourth-order valence-electron chi connectivity index (χ4n) is 1.52. The number of aliphatic hydroxyl groups is 1. The number of hydrogen-bond donors (Lipinski definition) is 2. The van der Waals surface area contributed by atoms with E-state index in [0.717, 1.165) is 5.56 Å². The Labute approximate surface area is 109 Å². The highest BCUT2D eigenvalue weighted by Gasteiger charge is 2.25. The van der Waals surface area contributed by atoms with Crippen LogP contribution in [0.25, 0.3) is 0 Å². The van der Waals surface area contributed by atoms with Crippen molar-refractivity contribution in [1.29, 1.82) is 0 Å². The molecule has 1 unspecified atom stereocenters. The first-order chi connectivity index (χ1) is 8.03. The number of aliphatic hydroxyl groups excluding tert-OH is 1. The molecule has 0 aliphatic rings. The van der Waals surface area contributed by atoms with Gasteiger partial charge in [0.05, 0.1) is 23.2 Å². The molecular weight excluding hydrogens is 289 g/mol. The third-order valence-electron chi connectivity index (χ3n) is 2.69. The zero-order valence-corrected chi connectivity index (χ0v) is 11.6. The van der Waals surface area contributed by atoms with Crippen LogP contribution >= 0.6 is 15.9 Å². The molecule has 0 saturated heterocycles. The van der Waals surface area contributed by atoms with Crippen molar-refractivity contribution in [2.24, 2.45) is 0 Å². The summed E-state index contributed by atoms with van der Waals surface area (Å²) in [7, 11) is 1.62. The van der Waals surface area contributed by atoms with Crippen LogP contribution in [-0.4, -0.2) is 32.0 Å². The van der Waals surface area contributed by atoms with E-state index in [9.17, 15) is 9.50 Å². The number of rotatable bonds is 6. The molecule has 1 aromatic carbocycles. The first-order valence-electron chi connectivity index (χ1n) is 5.34. The van der Waals surface area contributed by atoms with Crippen LogP contribution in [0, 0.1) is 5.82 Å². The SMILES string of the molecule is COCCNC(C)(CO)c1ccc(F)c(Br)c1. The highest BCUT2D eigenvalue weighted by molar-refractivity contribution is 9.10. The molecule has 0 spiro atoms. The third kappa shape index (κ3) is 3.74. The van der Waals surface area contributed by atoms with Crippen LogP contribution in [-0.2, 0) is 10.3 Å². The van der Waals surface area contributed by atoms with Gasteiger partial charge in [-0.15, -0.1) is 0 Å². The number of hydrogen-bond acceptors (Lipinski definition) is 3. The van der Waals surface area contributed by atoms with Gasteiger partial charge in [-0.05, 0) is 40.5 Å². The van der Waals surface area contributed by atoms with Crippen LogP contribution in [0.3, 0.4) is 0 Å². The van der Waals surface area contributed by atoms with E-state index in [1.165, 1.54) is 6.07 Å². The summed E-state index contributed by atoms with van der Waals surface area (Å²) in [6.07, 6.45) is 0. The molecule has 1 rings (SSSR count). The number of methoxy groups -OCH3 is 1. The molecule has 0 fully saturated rings. The molecule has 0 aromatic heterocycles. The third-order valence-corrected chi connectivity index (χ3v) is 3.30. The minimum Gasteiger partial charge on any atom is -0.394 e. The normalized spacial score (nSPS) is 14.6. The number of halogens is 2. The van der Waals surface area contributed by atoms with Crippen molar-refractivity contribution in [2.45, 2.75) is 12.5 Å². The first-order valence-corrected chi connectivity index (χ1v) is 6.13. The molecule has 96 valence electrons. The zero-order valence-electron chi connectivity index (χ0n) is 9.96. The van der Waals surface area contributed by atoms with Gasteiger partial charge in [0.1, 0.15) is 5.82 Å².